The molecule has 1 unspecified atom stereocenters. The molecule has 1 amide bonds. The van der Waals surface area contributed by atoms with E-state index >= 15 is 0 Å². The van der Waals surface area contributed by atoms with E-state index in [0.717, 1.165) is 24.2 Å². The summed E-state index contributed by atoms with van der Waals surface area (Å²) in [6, 6.07) is 17.8. The van der Waals surface area contributed by atoms with E-state index in [-0.39, 0.29) is 11.9 Å². The van der Waals surface area contributed by atoms with Crippen LogP contribution in [0, 0.1) is 5.92 Å². The Morgan fingerprint density at radius 2 is 1.84 bits per heavy atom. The molecule has 0 saturated heterocycles. The van der Waals surface area contributed by atoms with Crippen LogP contribution in [0.5, 0.6) is 5.75 Å². The Bertz CT molecular complexity index is 963. The van der Waals surface area contributed by atoms with E-state index in [2.05, 4.69) is 27.6 Å². The lowest BCUT2D eigenvalue weighted by Crippen LogP contribution is -2.34. The van der Waals surface area contributed by atoms with E-state index in [1.54, 1.807) is 7.11 Å². The fraction of sp³-hybridized carbons (Fsp3) is 0.400. The molecule has 1 saturated carbocycles. The predicted octanol–water partition coefficient (Wildman–Crippen LogP) is 5.12. The van der Waals surface area contributed by atoms with Gasteiger partial charge in [0.15, 0.2) is 0 Å². The summed E-state index contributed by atoms with van der Waals surface area (Å²) in [6.45, 7) is 0. The third kappa shape index (κ3) is 5.51. The van der Waals surface area contributed by atoms with Gasteiger partial charge in [0, 0.05) is 18.4 Å². The van der Waals surface area contributed by atoms with Gasteiger partial charge in [0.05, 0.1) is 13.2 Å². The summed E-state index contributed by atoms with van der Waals surface area (Å²) in [5.74, 6) is 2.27. The molecule has 2 aromatic carbocycles. The maximum absolute atomic E-state index is 12.8. The van der Waals surface area contributed by atoms with Crippen LogP contribution in [0.2, 0.25) is 0 Å². The number of amides is 1. The number of ether oxygens (including phenoxy) is 1. The highest BCUT2D eigenvalue weighted by Gasteiger charge is 2.26. The monoisotopic (exact) mass is 419 g/mol. The number of aryl methyl sites for hydroxylation is 1. The van der Waals surface area contributed by atoms with E-state index in [1.165, 1.54) is 24.8 Å². The number of nitrogens with one attached hydrogen (secondary N) is 1. The lowest BCUT2D eigenvalue weighted by atomic mass is 9.81. The highest BCUT2D eigenvalue weighted by Crippen LogP contribution is 2.34. The number of aromatic nitrogens is 2. The van der Waals surface area contributed by atoms with Crippen LogP contribution >= 0.6 is 0 Å². The van der Waals surface area contributed by atoms with Crippen LogP contribution < -0.4 is 10.1 Å². The van der Waals surface area contributed by atoms with Gasteiger partial charge in [-0.2, -0.15) is 4.98 Å². The average molecular weight is 420 g/mol. The fourth-order valence-electron chi connectivity index (χ4n) is 4.28. The minimum atomic E-state index is 0.0172. The van der Waals surface area contributed by atoms with Gasteiger partial charge in [0.2, 0.25) is 17.6 Å². The first-order chi connectivity index (χ1) is 15.2. The van der Waals surface area contributed by atoms with Crippen LogP contribution in [0.25, 0.3) is 11.4 Å². The van der Waals surface area contributed by atoms with E-state index in [4.69, 9.17) is 9.26 Å². The molecule has 1 atom stereocenters. The van der Waals surface area contributed by atoms with E-state index in [0.29, 0.717) is 30.5 Å². The van der Waals surface area contributed by atoms with Gasteiger partial charge < -0.3 is 14.6 Å². The van der Waals surface area contributed by atoms with E-state index in [1.807, 2.05) is 42.5 Å². The first kappa shape index (κ1) is 21.1. The van der Waals surface area contributed by atoms with Crippen molar-refractivity contribution in [3.8, 4) is 17.1 Å². The minimum Gasteiger partial charge on any atom is -0.497 e. The molecule has 1 aliphatic carbocycles. The summed E-state index contributed by atoms with van der Waals surface area (Å²) in [4.78, 5) is 17.2. The highest BCUT2D eigenvalue weighted by atomic mass is 16.5. The number of carbonyl (C=O) groups is 1. The number of rotatable bonds is 8. The van der Waals surface area contributed by atoms with Crippen LogP contribution in [0.15, 0.2) is 59.1 Å². The molecule has 1 aliphatic rings. The largest absolute Gasteiger partial charge is 0.497 e. The standard InChI is InChI=1S/C25H29N3O3/c1-30-21-14-12-20(13-15-21)25-27-23(31-28-25)17-16-22(29)26-24(18-8-4-2-5-9-18)19-10-6-3-7-11-19/h2,4-5,8-9,12-15,19,24H,3,6-7,10-11,16-17H2,1H3,(H,26,29). The van der Waals surface area contributed by atoms with Crippen molar-refractivity contribution in [3.05, 3.63) is 66.1 Å². The normalized spacial score (nSPS) is 15.4. The third-order valence-electron chi connectivity index (χ3n) is 5.98. The van der Waals surface area contributed by atoms with Gasteiger partial charge in [-0.15, -0.1) is 0 Å². The average Bonchev–Trinajstić information content (AvgIpc) is 3.31. The molecular formula is C25H29N3O3. The van der Waals surface area contributed by atoms with Crippen molar-refractivity contribution >= 4 is 5.91 Å². The fourth-order valence-corrected chi connectivity index (χ4v) is 4.28. The zero-order valence-electron chi connectivity index (χ0n) is 17.9. The molecule has 162 valence electrons. The smallest absolute Gasteiger partial charge is 0.227 e. The molecule has 1 aromatic heterocycles. The number of hydrogen-bond donors (Lipinski definition) is 1. The van der Waals surface area contributed by atoms with Crippen molar-refractivity contribution < 1.29 is 14.1 Å². The molecule has 0 aliphatic heterocycles. The molecule has 1 heterocycles. The van der Waals surface area contributed by atoms with E-state index in [9.17, 15) is 4.79 Å². The SMILES string of the molecule is COc1ccc(-c2noc(CCC(=O)NC(c3ccccc3)C3CCCCC3)n2)cc1. The van der Waals surface area contributed by atoms with Gasteiger partial charge in [-0.1, -0.05) is 54.8 Å². The topological polar surface area (TPSA) is 77.2 Å². The van der Waals surface area contributed by atoms with Crippen LogP contribution in [-0.2, 0) is 11.2 Å². The van der Waals surface area contributed by atoms with E-state index < -0.39 is 0 Å². The third-order valence-corrected chi connectivity index (χ3v) is 5.98. The summed E-state index contributed by atoms with van der Waals surface area (Å²) in [5, 5.41) is 7.32. The van der Waals surface area contributed by atoms with Gasteiger partial charge in [-0.25, -0.2) is 0 Å². The van der Waals surface area contributed by atoms with Crippen LogP contribution in [0.3, 0.4) is 0 Å². The Balaban J connectivity index is 1.36. The Hall–Kier alpha value is -3.15. The molecule has 6 heteroatoms. The van der Waals surface area contributed by atoms with Crippen molar-refractivity contribution in [2.45, 2.75) is 51.0 Å². The van der Waals surface area contributed by atoms with Crippen LogP contribution in [0.1, 0.15) is 56.0 Å². The van der Waals surface area contributed by atoms with Crippen LogP contribution in [-0.4, -0.2) is 23.2 Å². The lowest BCUT2D eigenvalue weighted by molar-refractivity contribution is -0.122. The second-order valence-corrected chi connectivity index (χ2v) is 8.09. The van der Waals surface area contributed by atoms with Gasteiger partial charge in [-0.05, 0) is 48.6 Å². The van der Waals surface area contributed by atoms with Gasteiger partial charge in [0.25, 0.3) is 0 Å². The summed E-state index contributed by atoms with van der Waals surface area (Å²) < 4.78 is 10.5. The van der Waals surface area contributed by atoms with Crippen LogP contribution in [0.4, 0.5) is 0 Å². The Morgan fingerprint density at radius 1 is 1.10 bits per heavy atom. The number of carbonyl (C=O) groups excluding carboxylic acids is 1. The van der Waals surface area contributed by atoms with Crippen molar-refractivity contribution in [3.63, 3.8) is 0 Å². The zero-order valence-corrected chi connectivity index (χ0v) is 17.9. The molecule has 6 nitrogen and oxygen atoms in total. The summed E-state index contributed by atoms with van der Waals surface area (Å²) in [6.07, 6.45) is 6.82. The number of methoxy groups -OCH3 is 1. The molecule has 31 heavy (non-hydrogen) atoms. The molecule has 4 rings (SSSR count). The van der Waals surface area contributed by atoms with Crippen molar-refractivity contribution in [1.82, 2.24) is 15.5 Å². The summed E-state index contributed by atoms with van der Waals surface area (Å²) in [5.41, 5.74) is 2.03. The Kier molecular flexibility index (Phi) is 6.97. The zero-order chi connectivity index (χ0) is 21.5. The Labute approximate surface area is 183 Å². The Morgan fingerprint density at radius 3 is 2.55 bits per heavy atom. The number of benzene rings is 2. The quantitative estimate of drug-likeness (QED) is 0.549. The molecule has 0 bridgehead atoms. The summed E-state index contributed by atoms with van der Waals surface area (Å²) >= 11 is 0. The number of nitrogens with zero attached hydrogens (tertiary/aromatic N) is 2. The summed E-state index contributed by atoms with van der Waals surface area (Å²) in [7, 11) is 1.63. The first-order valence-corrected chi connectivity index (χ1v) is 11.0. The molecule has 3 aromatic rings. The van der Waals surface area contributed by atoms with Crippen molar-refractivity contribution in [2.75, 3.05) is 7.11 Å². The van der Waals surface area contributed by atoms with Crippen molar-refractivity contribution in [1.29, 1.82) is 0 Å². The molecule has 0 spiro atoms. The first-order valence-electron chi connectivity index (χ1n) is 11.0. The molecular weight excluding hydrogens is 390 g/mol. The van der Waals surface area contributed by atoms with Crippen molar-refractivity contribution in [2.24, 2.45) is 5.92 Å². The highest BCUT2D eigenvalue weighted by molar-refractivity contribution is 5.76. The van der Waals surface area contributed by atoms with Gasteiger partial charge >= 0.3 is 0 Å². The molecule has 1 N–H and O–H groups in total. The minimum absolute atomic E-state index is 0.0172. The molecule has 0 radical (unpaired) electrons. The van der Waals surface area contributed by atoms with Gasteiger partial charge in [0.1, 0.15) is 5.75 Å². The molecule has 1 fully saturated rings. The van der Waals surface area contributed by atoms with Gasteiger partial charge in [-0.3, -0.25) is 4.79 Å². The second kappa shape index (κ2) is 10.2. The number of hydrogen-bond acceptors (Lipinski definition) is 5. The lowest BCUT2D eigenvalue weighted by Gasteiger charge is -2.31. The maximum atomic E-state index is 12.8. The maximum Gasteiger partial charge on any atom is 0.227 e. The predicted molar refractivity (Wildman–Crippen MR) is 119 cm³/mol. The second-order valence-electron chi connectivity index (χ2n) is 8.09.